The molecule has 1 aromatic rings. The fourth-order valence-corrected chi connectivity index (χ4v) is 20.3. The van der Waals surface area contributed by atoms with Gasteiger partial charge in [-0.1, -0.05) is 0 Å². The SMILES string of the molecule is CCC[CH2][Sn]([CH2]CCC)([CH2]CCC)[CH2]N(C(=O)c1ccccc1)C(C)C. The van der Waals surface area contributed by atoms with E-state index in [1.54, 1.807) is 0 Å². The quantitative estimate of drug-likeness (QED) is 0.289. The molecule has 0 bridgehead atoms. The van der Waals surface area contributed by atoms with Crippen molar-refractivity contribution >= 4 is 24.3 Å². The number of benzene rings is 1. The number of carbonyl (C=O) groups excluding carboxylic acids is 1. The van der Waals surface area contributed by atoms with Crippen molar-refractivity contribution in [2.75, 3.05) is 4.56 Å². The van der Waals surface area contributed by atoms with Crippen LogP contribution in [0.25, 0.3) is 0 Å². The summed E-state index contributed by atoms with van der Waals surface area (Å²) in [5, 5.41) is 0. The molecule has 0 atom stereocenters. The monoisotopic (exact) mass is 467 g/mol. The van der Waals surface area contributed by atoms with Crippen molar-refractivity contribution in [2.24, 2.45) is 0 Å². The zero-order valence-electron chi connectivity index (χ0n) is 17.9. The van der Waals surface area contributed by atoms with E-state index in [0.29, 0.717) is 0 Å². The van der Waals surface area contributed by atoms with E-state index in [1.165, 1.54) is 51.8 Å². The maximum absolute atomic E-state index is 13.2. The Bertz CT molecular complexity index is 478. The van der Waals surface area contributed by atoms with Gasteiger partial charge in [-0.2, -0.15) is 0 Å². The Labute approximate surface area is 166 Å². The van der Waals surface area contributed by atoms with Crippen LogP contribution in [-0.4, -0.2) is 39.8 Å². The fourth-order valence-electron chi connectivity index (χ4n) is 3.86. The minimum atomic E-state index is -2.37. The molecule has 0 aromatic heterocycles. The molecule has 1 aromatic carbocycles. The van der Waals surface area contributed by atoms with Crippen LogP contribution >= 0.6 is 0 Å². The van der Waals surface area contributed by atoms with Gasteiger partial charge in [0.2, 0.25) is 0 Å². The summed E-state index contributed by atoms with van der Waals surface area (Å²) in [4.78, 5) is 15.5. The first-order valence-electron chi connectivity index (χ1n) is 10.9. The van der Waals surface area contributed by atoms with Crippen LogP contribution in [0, 0.1) is 0 Å². The van der Waals surface area contributed by atoms with Gasteiger partial charge in [0.15, 0.2) is 0 Å². The predicted octanol–water partition coefficient (Wildman–Crippen LogP) is 6.93. The molecule has 1 rings (SSSR count). The van der Waals surface area contributed by atoms with E-state index in [4.69, 9.17) is 0 Å². The van der Waals surface area contributed by atoms with E-state index < -0.39 is 18.4 Å². The first kappa shape index (κ1) is 23.5. The molecular formula is C23H41NOSn. The summed E-state index contributed by atoms with van der Waals surface area (Å²) in [6.45, 7) is 11.3. The molecule has 0 saturated carbocycles. The summed E-state index contributed by atoms with van der Waals surface area (Å²) in [5.74, 6) is 0.242. The van der Waals surface area contributed by atoms with Crippen LogP contribution in [0.2, 0.25) is 13.3 Å². The predicted molar refractivity (Wildman–Crippen MR) is 118 cm³/mol. The van der Waals surface area contributed by atoms with Crippen LogP contribution in [-0.2, 0) is 0 Å². The number of amides is 1. The Morgan fingerprint density at radius 3 is 1.73 bits per heavy atom. The number of hydrogen-bond acceptors (Lipinski definition) is 1. The molecule has 0 fully saturated rings. The van der Waals surface area contributed by atoms with Gasteiger partial charge in [0, 0.05) is 0 Å². The van der Waals surface area contributed by atoms with Crippen LogP contribution < -0.4 is 0 Å². The second kappa shape index (κ2) is 12.8. The minimum absolute atomic E-state index is 0.242. The molecule has 0 unspecified atom stereocenters. The van der Waals surface area contributed by atoms with Crippen LogP contribution in [0.1, 0.15) is 83.5 Å². The summed E-state index contributed by atoms with van der Waals surface area (Å²) >= 11 is -2.37. The van der Waals surface area contributed by atoms with E-state index in [0.717, 1.165) is 10.1 Å². The normalized spacial score (nSPS) is 11.8. The van der Waals surface area contributed by atoms with Crippen molar-refractivity contribution < 1.29 is 4.79 Å². The van der Waals surface area contributed by atoms with E-state index in [2.05, 4.69) is 39.5 Å². The van der Waals surface area contributed by atoms with Crippen molar-refractivity contribution in [1.29, 1.82) is 0 Å². The molecule has 0 spiro atoms. The third kappa shape index (κ3) is 7.62. The number of nitrogens with zero attached hydrogens (tertiary/aromatic N) is 1. The third-order valence-corrected chi connectivity index (χ3v) is 20.6. The van der Waals surface area contributed by atoms with Gasteiger partial charge in [-0.25, -0.2) is 0 Å². The van der Waals surface area contributed by atoms with Gasteiger partial charge in [-0.05, 0) is 0 Å². The number of rotatable bonds is 13. The van der Waals surface area contributed by atoms with Gasteiger partial charge in [0.1, 0.15) is 0 Å². The van der Waals surface area contributed by atoms with E-state index >= 15 is 0 Å². The van der Waals surface area contributed by atoms with Gasteiger partial charge in [0.05, 0.1) is 0 Å². The topological polar surface area (TPSA) is 20.3 Å². The molecule has 0 saturated heterocycles. The first-order valence-corrected chi connectivity index (χ1v) is 18.9. The van der Waals surface area contributed by atoms with Crippen molar-refractivity contribution in [2.45, 2.75) is 92.5 Å². The Morgan fingerprint density at radius 1 is 0.885 bits per heavy atom. The van der Waals surface area contributed by atoms with Crippen molar-refractivity contribution in [1.82, 2.24) is 4.90 Å². The van der Waals surface area contributed by atoms with Crippen LogP contribution in [0.3, 0.4) is 0 Å². The molecule has 26 heavy (non-hydrogen) atoms. The van der Waals surface area contributed by atoms with E-state index in [1.807, 2.05) is 30.3 Å². The second-order valence-corrected chi connectivity index (χ2v) is 21.9. The van der Waals surface area contributed by atoms with E-state index in [-0.39, 0.29) is 11.9 Å². The Kier molecular flexibility index (Phi) is 11.6. The average Bonchev–Trinajstić information content (AvgIpc) is 2.66. The summed E-state index contributed by atoms with van der Waals surface area (Å²) in [6.07, 6.45) is 7.92. The summed E-state index contributed by atoms with van der Waals surface area (Å²) < 4.78 is 5.48. The van der Waals surface area contributed by atoms with Crippen LogP contribution in [0.4, 0.5) is 0 Å². The summed E-state index contributed by atoms with van der Waals surface area (Å²) in [5.41, 5.74) is 0.850. The average molecular weight is 466 g/mol. The van der Waals surface area contributed by atoms with Gasteiger partial charge in [-0.15, -0.1) is 0 Å². The van der Waals surface area contributed by atoms with Crippen molar-refractivity contribution in [3.05, 3.63) is 35.9 Å². The molecular weight excluding hydrogens is 425 g/mol. The van der Waals surface area contributed by atoms with Gasteiger partial charge in [0.25, 0.3) is 0 Å². The summed E-state index contributed by atoms with van der Waals surface area (Å²) in [7, 11) is 0. The molecule has 0 N–H and O–H groups in total. The molecule has 148 valence electrons. The van der Waals surface area contributed by atoms with Crippen molar-refractivity contribution in [3.8, 4) is 0 Å². The summed E-state index contributed by atoms with van der Waals surface area (Å²) in [6, 6.07) is 10.2. The molecule has 0 aliphatic rings. The number of hydrogen-bond donors (Lipinski definition) is 0. The zero-order valence-corrected chi connectivity index (χ0v) is 20.7. The number of unbranched alkanes of at least 4 members (excludes halogenated alkanes) is 3. The Morgan fingerprint density at radius 2 is 1.35 bits per heavy atom. The van der Waals surface area contributed by atoms with Gasteiger partial charge < -0.3 is 0 Å². The maximum atomic E-state index is 13.2. The molecule has 0 heterocycles. The second-order valence-electron chi connectivity index (χ2n) is 8.20. The number of carbonyl (C=O) groups is 1. The molecule has 2 nitrogen and oxygen atoms in total. The standard InChI is InChI=1S/C11H14NO.3C4H9.Sn/c1-9(2)12(3)11(13)10-7-5-4-6-8-10;3*1-3-4-2;/h4-9H,3H2,1-2H3;3*1,3-4H2,2H3;. The van der Waals surface area contributed by atoms with Crippen LogP contribution in [0.15, 0.2) is 30.3 Å². The van der Waals surface area contributed by atoms with Crippen molar-refractivity contribution in [3.63, 3.8) is 0 Å². The molecule has 0 aliphatic heterocycles. The third-order valence-electron chi connectivity index (χ3n) is 5.59. The molecule has 0 aliphatic carbocycles. The zero-order chi connectivity index (χ0) is 19.4. The Balaban J connectivity index is 3.08. The Hall–Kier alpha value is -0.511. The molecule has 3 heteroatoms. The fraction of sp³-hybridized carbons (Fsp3) is 0.696. The van der Waals surface area contributed by atoms with Gasteiger partial charge in [-0.3, -0.25) is 0 Å². The molecule has 0 radical (unpaired) electrons. The van der Waals surface area contributed by atoms with Gasteiger partial charge >= 0.3 is 167 Å². The van der Waals surface area contributed by atoms with E-state index in [9.17, 15) is 4.79 Å². The van der Waals surface area contributed by atoms with Crippen LogP contribution in [0.5, 0.6) is 0 Å². The molecule has 1 amide bonds. The first-order chi connectivity index (χ1) is 12.5.